The maximum atomic E-state index is 11.3. The summed E-state index contributed by atoms with van der Waals surface area (Å²) in [6.07, 6.45) is 10.3. The smallest absolute Gasteiger partial charge is 0.339 e. The Hall–Kier alpha value is -3.11. The Morgan fingerprint density at radius 3 is 2.38 bits per heavy atom. The molecule has 0 aliphatic rings. The zero-order valence-corrected chi connectivity index (χ0v) is 11.1. The second-order valence-corrected chi connectivity index (χ2v) is 4.12. The van der Waals surface area contributed by atoms with E-state index in [0.717, 1.165) is 5.39 Å². The lowest BCUT2D eigenvalue weighted by molar-refractivity contribution is 0.0693. The van der Waals surface area contributed by atoms with Gasteiger partial charge in [-0.05, 0) is 23.6 Å². The molecular formula is C17H12O4. The van der Waals surface area contributed by atoms with Crippen molar-refractivity contribution in [2.45, 2.75) is 0 Å². The lowest BCUT2D eigenvalue weighted by atomic mass is 10.0. The molecular weight excluding hydrogens is 268 g/mol. The minimum Gasteiger partial charge on any atom is -0.480 e. The van der Waals surface area contributed by atoms with Crippen molar-refractivity contribution in [1.29, 1.82) is 0 Å². The third kappa shape index (κ3) is 3.08. The van der Waals surface area contributed by atoms with Crippen LogP contribution in [0, 0.1) is 24.7 Å². The number of benzene rings is 2. The Labute approximate surface area is 122 Å². The summed E-state index contributed by atoms with van der Waals surface area (Å²) in [6, 6.07) is 8.43. The highest BCUT2D eigenvalue weighted by atomic mass is 16.5. The predicted octanol–water partition coefficient (Wildman–Crippen LogP) is 2.56. The van der Waals surface area contributed by atoms with Crippen molar-refractivity contribution < 1.29 is 19.4 Å². The lowest BCUT2D eigenvalue weighted by Gasteiger charge is -2.11. The van der Waals surface area contributed by atoms with Crippen molar-refractivity contribution in [3.63, 3.8) is 0 Å². The van der Waals surface area contributed by atoms with Crippen LogP contribution in [0.5, 0.6) is 11.5 Å². The van der Waals surface area contributed by atoms with Crippen LogP contribution in [0.1, 0.15) is 10.4 Å². The summed E-state index contributed by atoms with van der Waals surface area (Å²) < 4.78 is 10.8. The zero-order chi connectivity index (χ0) is 15.2. The second-order valence-electron chi connectivity index (χ2n) is 4.12. The van der Waals surface area contributed by atoms with E-state index in [9.17, 15) is 9.90 Å². The molecule has 0 saturated heterocycles. The van der Waals surface area contributed by atoms with E-state index in [2.05, 4.69) is 11.8 Å². The molecule has 0 unspecified atom stereocenters. The van der Waals surface area contributed by atoms with Gasteiger partial charge in [0, 0.05) is 5.39 Å². The Bertz CT molecular complexity index is 763. The largest absolute Gasteiger partial charge is 0.480 e. The molecule has 0 aliphatic heterocycles. The van der Waals surface area contributed by atoms with Crippen LogP contribution in [-0.4, -0.2) is 24.3 Å². The van der Waals surface area contributed by atoms with Crippen LogP contribution in [0.4, 0.5) is 0 Å². The minimum absolute atomic E-state index is 0.0147. The molecule has 0 saturated carbocycles. The van der Waals surface area contributed by atoms with Crippen LogP contribution in [-0.2, 0) is 0 Å². The number of carboxylic acid groups (broad SMARTS) is 1. The van der Waals surface area contributed by atoms with Crippen molar-refractivity contribution in [3.05, 3.63) is 35.9 Å². The van der Waals surface area contributed by atoms with E-state index >= 15 is 0 Å². The van der Waals surface area contributed by atoms with E-state index in [1.165, 1.54) is 6.07 Å². The molecule has 4 heteroatoms. The van der Waals surface area contributed by atoms with Gasteiger partial charge in [0.2, 0.25) is 0 Å². The van der Waals surface area contributed by atoms with Crippen molar-refractivity contribution in [2.24, 2.45) is 0 Å². The third-order valence-corrected chi connectivity index (χ3v) is 2.79. The molecule has 0 radical (unpaired) electrons. The number of carboxylic acids is 1. The van der Waals surface area contributed by atoms with Crippen molar-refractivity contribution in [2.75, 3.05) is 13.2 Å². The number of terminal acetylenes is 2. The van der Waals surface area contributed by atoms with Gasteiger partial charge in [-0.25, -0.2) is 4.79 Å². The summed E-state index contributed by atoms with van der Waals surface area (Å²) >= 11 is 0. The first kappa shape index (κ1) is 14.3. The SMILES string of the molecule is C#CCOc1cc2c(OCC#C)cccc2cc1C(=O)O. The molecule has 0 fully saturated rings. The predicted molar refractivity (Wildman–Crippen MR) is 79.6 cm³/mol. The molecule has 0 atom stereocenters. The monoisotopic (exact) mass is 280 g/mol. The standard InChI is InChI=1S/C17H12O4/c1-3-8-20-15-7-5-6-12-10-14(17(18)19)16(11-13(12)15)21-9-4-2/h1-2,5-7,10-11H,8-9H2,(H,18,19). The maximum Gasteiger partial charge on any atom is 0.339 e. The van der Waals surface area contributed by atoms with Gasteiger partial charge in [-0.2, -0.15) is 0 Å². The fourth-order valence-electron chi connectivity index (χ4n) is 1.93. The van der Waals surface area contributed by atoms with Gasteiger partial charge in [-0.3, -0.25) is 0 Å². The molecule has 0 aliphatic carbocycles. The first-order valence-electron chi connectivity index (χ1n) is 6.10. The first-order chi connectivity index (χ1) is 10.2. The molecule has 0 amide bonds. The van der Waals surface area contributed by atoms with E-state index in [0.29, 0.717) is 11.1 Å². The van der Waals surface area contributed by atoms with Crippen LogP contribution in [0.25, 0.3) is 10.8 Å². The average molecular weight is 280 g/mol. The topological polar surface area (TPSA) is 55.8 Å². The van der Waals surface area contributed by atoms with E-state index in [-0.39, 0.29) is 24.5 Å². The van der Waals surface area contributed by atoms with Gasteiger partial charge in [0.1, 0.15) is 30.3 Å². The van der Waals surface area contributed by atoms with E-state index in [1.807, 2.05) is 0 Å². The van der Waals surface area contributed by atoms with Gasteiger partial charge in [-0.1, -0.05) is 24.0 Å². The zero-order valence-electron chi connectivity index (χ0n) is 11.1. The van der Waals surface area contributed by atoms with Crippen molar-refractivity contribution in [3.8, 4) is 36.2 Å². The second kappa shape index (κ2) is 6.36. The van der Waals surface area contributed by atoms with Crippen LogP contribution in [0.2, 0.25) is 0 Å². The number of hydrogen-bond acceptors (Lipinski definition) is 3. The third-order valence-electron chi connectivity index (χ3n) is 2.79. The summed E-state index contributed by atoms with van der Waals surface area (Å²) in [5, 5.41) is 10.7. The van der Waals surface area contributed by atoms with Gasteiger partial charge >= 0.3 is 5.97 Å². The lowest BCUT2D eigenvalue weighted by Crippen LogP contribution is -2.04. The number of carbonyl (C=O) groups is 1. The molecule has 2 aromatic rings. The van der Waals surface area contributed by atoms with Gasteiger partial charge in [0.05, 0.1) is 0 Å². The summed E-state index contributed by atoms with van der Waals surface area (Å²) in [6.45, 7) is 0.111. The molecule has 21 heavy (non-hydrogen) atoms. The van der Waals surface area contributed by atoms with Crippen molar-refractivity contribution in [1.82, 2.24) is 0 Å². The number of aromatic carboxylic acids is 1. The van der Waals surface area contributed by atoms with Crippen LogP contribution in [0.15, 0.2) is 30.3 Å². The van der Waals surface area contributed by atoms with Crippen molar-refractivity contribution >= 4 is 16.7 Å². The Morgan fingerprint density at radius 2 is 1.76 bits per heavy atom. The van der Waals surface area contributed by atoms with Crippen LogP contribution in [0.3, 0.4) is 0 Å². The fourth-order valence-corrected chi connectivity index (χ4v) is 1.93. The van der Waals surface area contributed by atoms with E-state index < -0.39 is 5.97 Å². The quantitative estimate of drug-likeness (QED) is 0.855. The van der Waals surface area contributed by atoms with Gasteiger partial charge < -0.3 is 14.6 Å². The number of ether oxygens (including phenoxy) is 2. The number of fused-ring (bicyclic) bond motifs is 1. The van der Waals surface area contributed by atoms with Gasteiger partial charge in [0.15, 0.2) is 0 Å². The summed E-state index contributed by atoms with van der Waals surface area (Å²) in [5.41, 5.74) is 0.0480. The Kier molecular flexibility index (Phi) is 4.33. The molecule has 0 aromatic heterocycles. The number of rotatable bonds is 5. The first-order valence-corrected chi connectivity index (χ1v) is 6.10. The molecule has 0 heterocycles. The Morgan fingerprint density at radius 1 is 1.10 bits per heavy atom. The minimum atomic E-state index is -1.08. The highest BCUT2D eigenvalue weighted by Gasteiger charge is 2.14. The normalized spacial score (nSPS) is 9.62. The van der Waals surface area contributed by atoms with Crippen LogP contribution < -0.4 is 9.47 Å². The molecule has 0 spiro atoms. The molecule has 4 nitrogen and oxygen atoms in total. The fraction of sp³-hybridized carbons (Fsp3) is 0.118. The van der Waals surface area contributed by atoms with Gasteiger partial charge in [0.25, 0.3) is 0 Å². The van der Waals surface area contributed by atoms with E-state index in [1.54, 1.807) is 24.3 Å². The summed E-state index contributed by atoms with van der Waals surface area (Å²) in [5.74, 6) is 4.37. The highest BCUT2D eigenvalue weighted by molar-refractivity contribution is 5.99. The molecule has 1 N–H and O–H groups in total. The Balaban J connectivity index is 2.59. The molecule has 0 bridgehead atoms. The maximum absolute atomic E-state index is 11.3. The van der Waals surface area contributed by atoms with Gasteiger partial charge in [-0.15, -0.1) is 12.8 Å². The molecule has 2 rings (SSSR count). The van der Waals surface area contributed by atoms with Crippen LogP contribution >= 0.6 is 0 Å². The highest BCUT2D eigenvalue weighted by Crippen LogP contribution is 2.32. The number of hydrogen-bond donors (Lipinski definition) is 1. The average Bonchev–Trinajstić information content (AvgIpc) is 2.49. The van der Waals surface area contributed by atoms with E-state index in [4.69, 9.17) is 22.3 Å². The molecule has 104 valence electrons. The summed E-state index contributed by atoms with van der Waals surface area (Å²) in [4.78, 5) is 11.3. The summed E-state index contributed by atoms with van der Waals surface area (Å²) in [7, 11) is 0. The molecule has 2 aromatic carbocycles.